The first kappa shape index (κ1) is 24.8. The minimum atomic E-state index is 0. The van der Waals surface area contributed by atoms with Gasteiger partial charge < -0.3 is 19.7 Å². The number of halogens is 1. The number of benzene rings is 2. The van der Waals surface area contributed by atoms with Gasteiger partial charge in [-0.3, -0.25) is 10.1 Å². The van der Waals surface area contributed by atoms with Crippen molar-refractivity contribution in [1.82, 2.24) is 25.4 Å². The van der Waals surface area contributed by atoms with Gasteiger partial charge in [0, 0.05) is 32.6 Å². The van der Waals surface area contributed by atoms with Crippen molar-refractivity contribution in [3.05, 3.63) is 66.2 Å². The second-order valence-corrected chi connectivity index (χ2v) is 7.78. The number of aromatic amines is 1. The van der Waals surface area contributed by atoms with Gasteiger partial charge in [0.2, 0.25) is 0 Å². The molecule has 1 aliphatic heterocycles. The minimum absolute atomic E-state index is 0. The SMILES string of the molecule is CN=C(NCCc1ccc(Oc2ccc(OC)cc2)cc1)N1CCC(c2ncn[nH]2)CC1.I. The summed E-state index contributed by atoms with van der Waals surface area (Å²) >= 11 is 0. The van der Waals surface area contributed by atoms with Crippen molar-refractivity contribution in [3.63, 3.8) is 0 Å². The van der Waals surface area contributed by atoms with E-state index in [0.717, 1.165) is 67.9 Å². The molecule has 2 aromatic carbocycles. The van der Waals surface area contributed by atoms with Gasteiger partial charge in [0.05, 0.1) is 7.11 Å². The molecular weight excluding hydrogens is 531 g/mol. The average molecular weight is 562 g/mol. The molecular formula is C24H31IN6O2. The van der Waals surface area contributed by atoms with E-state index in [2.05, 4.69) is 42.5 Å². The Kier molecular flexibility index (Phi) is 9.35. The molecule has 8 nitrogen and oxygen atoms in total. The Labute approximate surface area is 211 Å². The van der Waals surface area contributed by atoms with E-state index in [9.17, 15) is 0 Å². The lowest BCUT2D eigenvalue weighted by Crippen LogP contribution is -2.45. The fourth-order valence-corrected chi connectivity index (χ4v) is 3.93. The highest BCUT2D eigenvalue weighted by Crippen LogP contribution is 2.25. The lowest BCUT2D eigenvalue weighted by molar-refractivity contribution is 0.299. The predicted octanol–water partition coefficient (Wildman–Crippen LogP) is 4.22. The van der Waals surface area contributed by atoms with Crippen LogP contribution in [-0.2, 0) is 6.42 Å². The summed E-state index contributed by atoms with van der Waals surface area (Å²) in [4.78, 5) is 11.1. The first-order chi connectivity index (χ1) is 15.7. The van der Waals surface area contributed by atoms with Crippen LogP contribution in [0.3, 0.4) is 0 Å². The monoisotopic (exact) mass is 562 g/mol. The summed E-state index contributed by atoms with van der Waals surface area (Å²) in [6, 6.07) is 15.8. The molecule has 1 fully saturated rings. The summed E-state index contributed by atoms with van der Waals surface area (Å²) in [5.74, 6) is 4.82. The number of piperidine rings is 1. The maximum Gasteiger partial charge on any atom is 0.193 e. The summed E-state index contributed by atoms with van der Waals surface area (Å²) < 4.78 is 11.1. The van der Waals surface area contributed by atoms with Gasteiger partial charge in [-0.25, -0.2) is 4.98 Å². The zero-order chi connectivity index (χ0) is 22.2. The zero-order valence-electron chi connectivity index (χ0n) is 19.0. The maximum atomic E-state index is 5.90. The molecule has 0 radical (unpaired) electrons. The van der Waals surface area contributed by atoms with Gasteiger partial charge in [0.15, 0.2) is 5.96 Å². The smallest absolute Gasteiger partial charge is 0.193 e. The molecule has 0 aliphatic carbocycles. The second kappa shape index (κ2) is 12.4. The molecule has 0 spiro atoms. The van der Waals surface area contributed by atoms with Crippen molar-refractivity contribution < 1.29 is 9.47 Å². The van der Waals surface area contributed by atoms with Crippen LogP contribution in [-0.4, -0.2) is 59.8 Å². The highest BCUT2D eigenvalue weighted by Gasteiger charge is 2.24. The number of aromatic nitrogens is 3. The first-order valence-electron chi connectivity index (χ1n) is 11.0. The Morgan fingerprint density at radius 1 is 1.06 bits per heavy atom. The van der Waals surface area contributed by atoms with Crippen LogP contribution in [0.1, 0.15) is 30.1 Å². The van der Waals surface area contributed by atoms with Crippen molar-refractivity contribution in [2.24, 2.45) is 4.99 Å². The second-order valence-electron chi connectivity index (χ2n) is 7.78. The van der Waals surface area contributed by atoms with E-state index < -0.39 is 0 Å². The number of guanidine groups is 1. The third-order valence-corrected chi connectivity index (χ3v) is 5.74. The molecule has 2 heterocycles. The molecule has 1 aliphatic rings. The Morgan fingerprint density at radius 3 is 2.27 bits per heavy atom. The highest BCUT2D eigenvalue weighted by molar-refractivity contribution is 14.0. The van der Waals surface area contributed by atoms with Gasteiger partial charge in [-0.1, -0.05) is 12.1 Å². The zero-order valence-corrected chi connectivity index (χ0v) is 21.4. The number of nitrogens with one attached hydrogen (secondary N) is 2. The molecule has 0 amide bonds. The molecule has 4 rings (SSSR count). The van der Waals surface area contributed by atoms with Crippen LogP contribution in [0.4, 0.5) is 0 Å². The number of hydrogen-bond acceptors (Lipinski definition) is 5. The molecule has 9 heteroatoms. The summed E-state index contributed by atoms with van der Waals surface area (Å²) in [6.45, 7) is 2.75. The van der Waals surface area contributed by atoms with Gasteiger partial charge in [0.25, 0.3) is 0 Å². The van der Waals surface area contributed by atoms with Crippen molar-refractivity contribution >= 4 is 29.9 Å². The largest absolute Gasteiger partial charge is 0.497 e. The van der Waals surface area contributed by atoms with Gasteiger partial charge in [0.1, 0.15) is 29.4 Å². The lowest BCUT2D eigenvalue weighted by Gasteiger charge is -2.33. The Morgan fingerprint density at radius 2 is 1.70 bits per heavy atom. The van der Waals surface area contributed by atoms with Crippen molar-refractivity contribution in [3.8, 4) is 17.2 Å². The third kappa shape index (κ3) is 6.83. The standard InChI is InChI=1S/C24H30N6O2.HI/c1-25-24(30-15-12-19(13-16-30)23-27-17-28-29-23)26-14-11-18-3-5-21(6-4-18)32-22-9-7-20(31-2)8-10-22;/h3-10,17,19H,11-16H2,1-2H3,(H,25,26)(H,27,28,29);1H. The number of nitrogens with zero attached hydrogens (tertiary/aromatic N) is 4. The van der Waals surface area contributed by atoms with Crippen LogP contribution in [0.25, 0.3) is 0 Å². The molecule has 0 unspecified atom stereocenters. The molecule has 33 heavy (non-hydrogen) atoms. The summed E-state index contributed by atoms with van der Waals surface area (Å²) in [6.07, 6.45) is 4.59. The molecule has 0 saturated carbocycles. The fraction of sp³-hybridized carbons (Fsp3) is 0.375. The van der Waals surface area contributed by atoms with Crippen LogP contribution in [0.15, 0.2) is 59.9 Å². The van der Waals surface area contributed by atoms with Gasteiger partial charge >= 0.3 is 0 Å². The number of rotatable bonds is 7. The summed E-state index contributed by atoms with van der Waals surface area (Å²) in [5, 5.41) is 10.5. The van der Waals surface area contributed by atoms with E-state index in [4.69, 9.17) is 9.47 Å². The van der Waals surface area contributed by atoms with Crippen LogP contribution in [0.5, 0.6) is 17.2 Å². The maximum absolute atomic E-state index is 5.90. The Bertz CT molecular complexity index is 985. The van der Waals surface area contributed by atoms with Crippen LogP contribution in [0, 0.1) is 0 Å². The molecule has 0 bridgehead atoms. The molecule has 1 aromatic heterocycles. The Hall–Kier alpha value is -2.82. The molecule has 176 valence electrons. The van der Waals surface area contributed by atoms with E-state index in [1.165, 1.54) is 5.56 Å². The van der Waals surface area contributed by atoms with E-state index in [-0.39, 0.29) is 24.0 Å². The van der Waals surface area contributed by atoms with Crippen molar-refractivity contribution in [2.75, 3.05) is 33.8 Å². The number of ether oxygens (including phenoxy) is 2. The number of likely N-dealkylation sites (tertiary alicyclic amines) is 1. The number of aliphatic imine (C=N–C) groups is 1. The van der Waals surface area contributed by atoms with Gasteiger partial charge in [-0.2, -0.15) is 5.10 Å². The lowest BCUT2D eigenvalue weighted by atomic mass is 9.96. The van der Waals surface area contributed by atoms with Crippen LogP contribution >= 0.6 is 24.0 Å². The van der Waals surface area contributed by atoms with Crippen molar-refractivity contribution in [1.29, 1.82) is 0 Å². The van der Waals surface area contributed by atoms with E-state index in [0.29, 0.717) is 5.92 Å². The fourth-order valence-electron chi connectivity index (χ4n) is 3.93. The van der Waals surface area contributed by atoms with Crippen molar-refractivity contribution in [2.45, 2.75) is 25.2 Å². The quantitative estimate of drug-likeness (QED) is 0.255. The van der Waals surface area contributed by atoms with E-state index in [1.807, 2.05) is 43.4 Å². The molecule has 3 aromatic rings. The van der Waals surface area contributed by atoms with Gasteiger partial charge in [-0.05, 0) is 61.2 Å². The number of H-pyrrole nitrogens is 1. The molecule has 0 atom stereocenters. The Balaban J connectivity index is 0.00000306. The molecule has 2 N–H and O–H groups in total. The summed E-state index contributed by atoms with van der Waals surface area (Å²) in [5.41, 5.74) is 1.25. The minimum Gasteiger partial charge on any atom is -0.497 e. The normalized spacial score (nSPS) is 14.5. The average Bonchev–Trinajstić information content (AvgIpc) is 3.39. The first-order valence-corrected chi connectivity index (χ1v) is 11.0. The summed E-state index contributed by atoms with van der Waals surface area (Å²) in [7, 11) is 3.50. The topological polar surface area (TPSA) is 87.7 Å². The van der Waals surface area contributed by atoms with E-state index in [1.54, 1.807) is 13.4 Å². The number of methoxy groups -OCH3 is 1. The highest BCUT2D eigenvalue weighted by atomic mass is 127. The van der Waals surface area contributed by atoms with Crippen LogP contribution in [0.2, 0.25) is 0 Å². The predicted molar refractivity (Wildman–Crippen MR) is 140 cm³/mol. The van der Waals surface area contributed by atoms with Crippen LogP contribution < -0.4 is 14.8 Å². The number of hydrogen-bond donors (Lipinski definition) is 2. The van der Waals surface area contributed by atoms with Gasteiger partial charge in [-0.15, -0.1) is 24.0 Å². The van der Waals surface area contributed by atoms with E-state index >= 15 is 0 Å². The molecule has 1 saturated heterocycles. The third-order valence-electron chi connectivity index (χ3n) is 5.74.